The smallest absolute Gasteiger partial charge is 0.323 e. The third-order valence-electron chi connectivity index (χ3n) is 22.8. The van der Waals surface area contributed by atoms with Crippen LogP contribution in [0.25, 0.3) is 0 Å². The SMILES string of the molecule is [2H]C([2H])([2H])Oc1cc2c(cc1OC)C1([2H])CC(OC(=O)[C@@]([2H])(N)C([2H])(C([2H])([2H])[2H])C([2H])([2H])[2H])C(CC(C)C)CN1CC2.[2H]C([2H])([2H])Oc1cc2c(cc1OC)C1([2H])CC([2H])(OC(=O)[C@@]([2H])(N)C([2H])(C([2H])([2H])[2H])C([2H])([2H])[2H])C(CC(C)C)CN1CC2.[2H]C1(OC(=O)[C@@]([2H])(N)C([2H])(C([2H])([2H])[2H])C([2H])([2H])[2H])CC2([2H])c3cc(OC)c(OC)cc3CCN2CC1CC(C)C.[2H]C12CC(OC(=O)[C@@]([2H])(N)C([2H])(C([2H])([2H])[2H])C([2H])([2H])[2H])C(CC(C)C)CN1CCc1cc(OC)c(OC)cc12. The molecule has 0 amide bonds. The third-order valence-corrected chi connectivity index (χ3v) is 22.8. The summed E-state index contributed by atoms with van der Waals surface area (Å²) in [6.45, 7) is -11.2. The number of piperidine rings is 4. The molecule has 4 fully saturated rings. The lowest BCUT2D eigenvalue weighted by Gasteiger charge is -2.47. The number of hydrogen-bond donors (Lipinski definition) is 4. The molecule has 12 unspecified atom stereocenters. The van der Waals surface area contributed by atoms with Gasteiger partial charge in [-0.15, -0.1) is 0 Å². The highest BCUT2D eigenvalue weighted by Crippen LogP contribution is 2.50. The molecule has 0 spiro atoms. The Kier molecular flexibility index (Phi) is 19.0. The number of carbonyl (C=O) groups excluding carboxylic acids is 4. The van der Waals surface area contributed by atoms with Crippen LogP contribution in [-0.2, 0) is 63.8 Å². The molecule has 0 saturated carbocycles. The Morgan fingerprint density at radius 3 is 0.817 bits per heavy atom. The predicted octanol–water partition coefficient (Wildman–Crippen LogP) is 14.3. The van der Waals surface area contributed by atoms with Crippen molar-refractivity contribution >= 4 is 23.9 Å². The quantitative estimate of drug-likeness (QED) is 0.0303. The second-order valence-corrected chi connectivity index (χ2v) is 32.8. The van der Waals surface area contributed by atoms with E-state index in [1.54, 1.807) is 23.1 Å². The van der Waals surface area contributed by atoms with Gasteiger partial charge in [-0.1, -0.05) is 110 Å². The van der Waals surface area contributed by atoms with Crippen LogP contribution in [0.3, 0.4) is 0 Å². The molecular formula is C96H152N8O16. The molecule has 8 aliphatic heterocycles. The number of esters is 4. The minimum absolute atomic E-state index is 0.0155. The van der Waals surface area contributed by atoms with Crippen molar-refractivity contribution in [1.82, 2.24) is 19.6 Å². The molecule has 24 heteroatoms. The number of methoxy groups -OCH3 is 8. The minimum Gasteiger partial charge on any atom is -0.493 e. The van der Waals surface area contributed by atoms with E-state index in [1.165, 1.54) is 66.9 Å². The first-order chi connectivity index (χ1) is 73.9. The minimum atomic E-state index is -3.81. The molecule has 16 atom stereocenters. The summed E-state index contributed by atoms with van der Waals surface area (Å²) in [6.07, 6.45) is -3.80. The predicted molar refractivity (Wildman–Crippen MR) is 471 cm³/mol. The Bertz CT molecular complexity index is 5940. The molecule has 120 heavy (non-hydrogen) atoms. The fraction of sp³-hybridized carbons (Fsp3) is 0.708. The first kappa shape index (κ1) is 51.9. The highest BCUT2D eigenvalue weighted by molar-refractivity contribution is 5.77. The number of ether oxygens (including phenoxy) is 12. The second-order valence-electron chi connectivity index (χ2n) is 32.8. The van der Waals surface area contributed by atoms with Crippen molar-refractivity contribution in [2.75, 3.05) is 109 Å². The molecule has 0 aromatic heterocycles. The van der Waals surface area contributed by atoms with Gasteiger partial charge in [0.15, 0.2) is 46.0 Å². The van der Waals surface area contributed by atoms with Gasteiger partial charge in [0, 0.05) is 164 Å². The number of fused-ring (bicyclic) bond motifs is 12. The summed E-state index contributed by atoms with van der Waals surface area (Å²) in [5.41, 5.74) is 27.8. The summed E-state index contributed by atoms with van der Waals surface area (Å²) in [5.74, 6) is -22.0. The van der Waals surface area contributed by atoms with Crippen molar-refractivity contribution in [1.29, 1.82) is 0 Å². The normalized spacial score (nSPS) is 36.4. The zero-order valence-electron chi connectivity index (χ0n) is 115. The molecule has 672 valence electrons. The van der Waals surface area contributed by atoms with Crippen LogP contribution >= 0.6 is 0 Å². The topological polar surface area (TPSA) is 296 Å². The highest BCUT2D eigenvalue weighted by Gasteiger charge is 2.47. The van der Waals surface area contributed by atoms with Gasteiger partial charge in [0.25, 0.3) is 0 Å². The van der Waals surface area contributed by atoms with Crippen molar-refractivity contribution in [3.63, 3.8) is 0 Å². The highest BCUT2D eigenvalue weighted by atomic mass is 16.6. The summed E-state index contributed by atoms with van der Waals surface area (Å²) in [4.78, 5) is 61.1. The van der Waals surface area contributed by atoms with Crippen molar-refractivity contribution in [2.45, 2.75) is 260 Å². The monoisotopic (exact) mass is 1720 g/mol. The number of nitrogens with zero attached hydrogens (tertiary/aromatic N) is 4. The average Bonchev–Trinajstić information content (AvgIpc) is 0.712. The summed E-state index contributed by atoms with van der Waals surface area (Å²) in [5, 5.41) is 0. The lowest BCUT2D eigenvalue weighted by atomic mass is 9.79. The van der Waals surface area contributed by atoms with Crippen LogP contribution < -0.4 is 60.8 Å². The number of benzene rings is 4. The fourth-order valence-electron chi connectivity index (χ4n) is 17.1. The summed E-state index contributed by atoms with van der Waals surface area (Å²) in [7, 11) is 3.06. The molecule has 0 aliphatic carbocycles. The summed E-state index contributed by atoms with van der Waals surface area (Å²) in [6, 6.07) is -7.58. The van der Waals surface area contributed by atoms with Gasteiger partial charge < -0.3 is 79.8 Å². The standard InChI is InChI=1S/4C24H38N2O4/c4*1-14(2)9-17-13-26-8-7-16-10-21(28-5)22(29-6)11-18(16)19(26)12-20(17)30-24(27)23(25)15(3)4/h4*10-11,14-15,17,19-20,23H,7-9,12-13,25H2,1-6H3/t4*17?,19?,20?,23-/m0000/s1/i3D3,4D3,5D3,15D,19D,20D,23D;3D3,4D3,15D,19D,20D,23D;3D3,4D3,5D3,15D,19D,23D;3D3,4D3,15D,19D,23D. The summed E-state index contributed by atoms with van der Waals surface area (Å²) < 4.78 is 417. The maximum absolute atomic E-state index is 13.5. The van der Waals surface area contributed by atoms with E-state index in [1.807, 2.05) is 76.2 Å². The van der Waals surface area contributed by atoms with Gasteiger partial charge in [-0.25, -0.2) is 0 Å². The Labute approximate surface area is 780 Å². The van der Waals surface area contributed by atoms with Crippen LogP contribution in [0.2, 0.25) is 0 Å². The molecule has 8 N–H and O–H groups in total. The van der Waals surface area contributed by atoms with E-state index < -0.39 is 214 Å². The number of carbonyl (C=O) groups is 4. The van der Waals surface area contributed by atoms with Gasteiger partial charge in [0.05, 0.1) is 78.7 Å². The molecule has 4 aromatic rings. The first-order valence-electron chi connectivity index (χ1n) is 62.3. The Hall–Kier alpha value is -7.16. The Morgan fingerprint density at radius 1 is 0.350 bits per heavy atom. The molecular weight excluding hydrogens is 1520 g/mol. The van der Waals surface area contributed by atoms with E-state index in [-0.39, 0.29) is 91.0 Å². The molecule has 12 rings (SSSR count). The molecule has 24 nitrogen and oxygen atoms in total. The van der Waals surface area contributed by atoms with Crippen LogP contribution in [0.1, 0.15) is 290 Å². The molecule has 0 bridgehead atoms. The van der Waals surface area contributed by atoms with Crippen LogP contribution in [0, 0.1) is 70.9 Å². The Balaban J connectivity index is 0.000000241. The number of hydrogen-bond acceptors (Lipinski definition) is 24. The van der Waals surface area contributed by atoms with Crippen molar-refractivity contribution in [3.8, 4) is 46.0 Å². The zero-order valence-corrected chi connectivity index (χ0v) is 71.2. The fourth-order valence-corrected chi connectivity index (χ4v) is 17.1. The van der Waals surface area contributed by atoms with Crippen LogP contribution in [0.15, 0.2) is 48.5 Å². The lowest BCUT2D eigenvalue weighted by molar-refractivity contribution is -0.161. The van der Waals surface area contributed by atoms with Gasteiger partial charge in [-0.3, -0.25) is 38.8 Å². The zero-order chi connectivity index (χ0) is 126. The van der Waals surface area contributed by atoms with Gasteiger partial charge >= 0.3 is 23.9 Å². The maximum atomic E-state index is 13.5. The van der Waals surface area contributed by atoms with E-state index >= 15 is 0 Å². The van der Waals surface area contributed by atoms with E-state index in [9.17, 15) is 27.4 Å². The van der Waals surface area contributed by atoms with Gasteiger partial charge in [0.1, 0.15) is 48.4 Å². The van der Waals surface area contributed by atoms with Crippen LogP contribution in [-0.4, -0.2) is 201 Å². The molecule has 4 aromatic carbocycles. The molecule has 8 aliphatic rings. The average molecular weight is 1720 g/mol. The van der Waals surface area contributed by atoms with Gasteiger partial charge in [-0.05, 0) is 192 Å². The first-order valence-corrected chi connectivity index (χ1v) is 40.3. The third kappa shape index (κ3) is 23.8. The largest absolute Gasteiger partial charge is 0.493 e. The van der Waals surface area contributed by atoms with Crippen molar-refractivity contribution in [3.05, 3.63) is 93.0 Å². The van der Waals surface area contributed by atoms with Crippen molar-refractivity contribution < 1.29 is 136 Å². The lowest BCUT2D eigenvalue weighted by Crippen LogP contribution is -2.51. The molecule has 4 saturated heterocycles. The van der Waals surface area contributed by atoms with Gasteiger partial charge in [0.2, 0.25) is 0 Å². The van der Waals surface area contributed by atoms with Gasteiger partial charge in [-0.2, -0.15) is 0 Å². The van der Waals surface area contributed by atoms with E-state index in [0.717, 1.165) is 11.1 Å². The second kappa shape index (κ2) is 43.9. The van der Waals surface area contributed by atoms with Crippen molar-refractivity contribution in [2.24, 2.45) is 93.9 Å². The van der Waals surface area contributed by atoms with Crippen LogP contribution in [0.4, 0.5) is 0 Å². The van der Waals surface area contributed by atoms with E-state index in [2.05, 4.69) is 0 Å². The molecule has 0 radical (unpaired) electrons. The maximum Gasteiger partial charge on any atom is 0.323 e. The summed E-state index contributed by atoms with van der Waals surface area (Å²) >= 11 is 0. The Morgan fingerprint density at radius 2 is 0.575 bits per heavy atom. The number of rotatable bonds is 28. The van der Waals surface area contributed by atoms with E-state index in [0.29, 0.717) is 140 Å². The van der Waals surface area contributed by atoms with Crippen LogP contribution in [0.5, 0.6) is 46.0 Å². The number of nitrogens with two attached hydrogens (primary N) is 4. The van der Waals surface area contributed by atoms with E-state index in [4.69, 9.17) is 132 Å². The molecule has 8 heterocycles.